The van der Waals surface area contributed by atoms with E-state index in [2.05, 4.69) is 40.6 Å². The summed E-state index contributed by atoms with van der Waals surface area (Å²) in [7, 11) is 15.7. The first kappa shape index (κ1) is 15.9. The molecule has 0 spiro atoms. The van der Waals surface area contributed by atoms with Crippen LogP contribution in [0.25, 0.3) is 6.08 Å². The molecule has 0 saturated carbocycles. The monoisotopic (exact) mass is 362 g/mol. The molecule has 0 heterocycles. The van der Waals surface area contributed by atoms with E-state index >= 15 is 0 Å². The van der Waals surface area contributed by atoms with Crippen LogP contribution < -0.4 is 16.0 Å². The number of anilines is 2. The van der Waals surface area contributed by atoms with E-state index in [9.17, 15) is 0 Å². The summed E-state index contributed by atoms with van der Waals surface area (Å²) >= 11 is -0.826. The first-order valence-electron chi connectivity index (χ1n) is 5.44. The molecule has 0 fully saturated rings. The van der Waals surface area contributed by atoms with Gasteiger partial charge in [0.2, 0.25) is 0 Å². The summed E-state index contributed by atoms with van der Waals surface area (Å²) in [4.78, 5) is 0. The second kappa shape index (κ2) is 8.09. The van der Waals surface area contributed by atoms with Crippen molar-refractivity contribution in [2.75, 3.05) is 31.8 Å². The van der Waals surface area contributed by atoms with Gasteiger partial charge in [-0.3, -0.25) is 0 Å². The van der Waals surface area contributed by atoms with Crippen molar-refractivity contribution in [2.24, 2.45) is 0 Å². The van der Waals surface area contributed by atoms with Gasteiger partial charge in [0.15, 0.2) is 0 Å². The maximum atomic E-state index is 4.93. The average Bonchev–Trinajstić information content (AvgIpc) is 2.79. The molecule has 0 aromatic heterocycles. The normalized spacial score (nSPS) is 11.7. The molecule has 0 atom stereocenters. The summed E-state index contributed by atoms with van der Waals surface area (Å²) in [6.07, 6.45) is 4.30. The average molecular weight is 364 g/mol. The quantitative estimate of drug-likeness (QED) is 0.770. The molecule has 1 aliphatic rings. The molecule has 1 aromatic carbocycles. The van der Waals surface area contributed by atoms with Gasteiger partial charge in [0.05, 0.1) is 11.4 Å². The molecular formula is C12H16Cl2N3Zr. The van der Waals surface area contributed by atoms with Gasteiger partial charge < -0.3 is 16.0 Å². The van der Waals surface area contributed by atoms with Crippen LogP contribution in [0.5, 0.6) is 0 Å². The van der Waals surface area contributed by atoms with Crippen LogP contribution in [0.15, 0.2) is 17.8 Å². The van der Waals surface area contributed by atoms with Gasteiger partial charge in [-0.05, 0) is 29.3 Å². The molecule has 0 bridgehead atoms. The summed E-state index contributed by atoms with van der Waals surface area (Å²) in [6.45, 7) is 0. The van der Waals surface area contributed by atoms with Crippen molar-refractivity contribution in [3.63, 3.8) is 0 Å². The molecule has 18 heavy (non-hydrogen) atoms. The minimum atomic E-state index is -0.826. The predicted molar refractivity (Wildman–Crippen MR) is 77.7 cm³/mol. The van der Waals surface area contributed by atoms with Crippen LogP contribution in [-0.2, 0) is 20.8 Å². The van der Waals surface area contributed by atoms with Crippen molar-refractivity contribution < 1.29 is 20.8 Å². The Balaban J connectivity index is 0.000000492. The summed E-state index contributed by atoms with van der Waals surface area (Å²) in [5, 5.41) is 9.52. The molecule has 1 radical (unpaired) electrons. The van der Waals surface area contributed by atoms with E-state index in [-0.39, 0.29) is 0 Å². The topological polar surface area (TPSA) is 36.1 Å². The Labute approximate surface area is 127 Å². The molecule has 1 aromatic rings. The van der Waals surface area contributed by atoms with Crippen molar-refractivity contribution in [3.05, 3.63) is 35.4 Å². The number of hydrogen-bond donors (Lipinski definition) is 3. The Kier molecular flexibility index (Phi) is 7.13. The van der Waals surface area contributed by atoms with Crippen LogP contribution in [-0.4, -0.2) is 21.1 Å². The molecule has 0 unspecified atom stereocenters. The fraction of sp³-hybridized carbons (Fsp3) is 0.250. The number of hydrogen-bond acceptors (Lipinski definition) is 3. The van der Waals surface area contributed by atoms with Crippen molar-refractivity contribution in [3.8, 4) is 0 Å². The van der Waals surface area contributed by atoms with Crippen molar-refractivity contribution in [1.29, 1.82) is 0 Å². The minimum absolute atomic E-state index is 0.826. The summed E-state index contributed by atoms with van der Waals surface area (Å²) in [5.41, 5.74) is 5.90. The maximum absolute atomic E-state index is 4.93. The van der Waals surface area contributed by atoms with E-state index in [1.54, 1.807) is 0 Å². The number of nitrogens with one attached hydrogen (secondary N) is 3. The van der Waals surface area contributed by atoms with Gasteiger partial charge in [0.1, 0.15) is 0 Å². The van der Waals surface area contributed by atoms with Gasteiger partial charge >= 0.3 is 37.9 Å². The van der Waals surface area contributed by atoms with E-state index < -0.39 is 20.8 Å². The number of likely N-dealkylation sites (N-methyl/N-ethyl adjacent to an activating group) is 1. The zero-order chi connectivity index (χ0) is 13.5. The molecule has 97 valence electrons. The predicted octanol–water partition coefficient (Wildman–Crippen LogP) is 3.27. The van der Waals surface area contributed by atoms with Crippen LogP contribution in [0.2, 0.25) is 0 Å². The fourth-order valence-corrected chi connectivity index (χ4v) is 1.82. The molecule has 0 saturated heterocycles. The first-order chi connectivity index (χ1) is 8.69. The molecule has 3 N–H and O–H groups in total. The van der Waals surface area contributed by atoms with Gasteiger partial charge in [-0.25, -0.2) is 0 Å². The Morgan fingerprint density at radius 3 is 1.83 bits per heavy atom. The van der Waals surface area contributed by atoms with Gasteiger partial charge in [0, 0.05) is 33.3 Å². The molecule has 6 heteroatoms. The van der Waals surface area contributed by atoms with Gasteiger partial charge in [-0.2, -0.15) is 0 Å². The third-order valence-electron chi connectivity index (χ3n) is 2.67. The summed E-state index contributed by atoms with van der Waals surface area (Å²) < 4.78 is 0. The van der Waals surface area contributed by atoms with Crippen LogP contribution >= 0.6 is 17.0 Å². The standard InChI is InChI=1S/C12H16N3.2ClH.Zr/c1-13-10-4-8-6-11(14-2)12(15-3)7-9(8)5-10;;;/h4-7,13-15H,1-3H3;2*1H;/q;;;+2/p-2. The first-order valence-corrected chi connectivity index (χ1v) is 11.8. The summed E-state index contributed by atoms with van der Waals surface area (Å²) in [5.74, 6) is 0. The number of fused-ring (bicyclic) bond motifs is 1. The van der Waals surface area contributed by atoms with Crippen LogP contribution in [0.4, 0.5) is 11.4 Å². The Bertz CT molecular complexity index is 436. The number of rotatable bonds is 3. The number of halogens is 2. The molecule has 0 amide bonds. The van der Waals surface area contributed by atoms with Crippen LogP contribution in [0.3, 0.4) is 0 Å². The third kappa shape index (κ3) is 3.91. The SMILES string of the molecule is CNC1=Cc2cc(NC)c(NC)cc2[CH]1.[Cl][Zr][Cl]. The van der Waals surface area contributed by atoms with Gasteiger partial charge in [0.25, 0.3) is 0 Å². The molecule has 1 aliphatic carbocycles. The van der Waals surface area contributed by atoms with E-state index in [1.165, 1.54) is 11.1 Å². The van der Waals surface area contributed by atoms with E-state index in [1.807, 2.05) is 21.1 Å². The molecule has 3 nitrogen and oxygen atoms in total. The van der Waals surface area contributed by atoms with E-state index in [0.717, 1.165) is 17.1 Å². The number of allylic oxidation sites excluding steroid dienone is 1. The molecular weight excluding hydrogens is 348 g/mol. The van der Waals surface area contributed by atoms with Crippen molar-refractivity contribution in [2.45, 2.75) is 0 Å². The van der Waals surface area contributed by atoms with Gasteiger partial charge in [-0.15, -0.1) is 0 Å². The Hall–Kier alpha value is -0.177. The second-order valence-corrected chi connectivity index (χ2v) is 7.32. The second-order valence-electron chi connectivity index (χ2n) is 3.59. The zero-order valence-corrected chi connectivity index (χ0v) is 14.5. The zero-order valence-electron chi connectivity index (χ0n) is 10.6. The van der Waals surface area contributed by atoms with Crippen molar-refractivity contribution >= 4 is 34.5 Å². The van der Waals surface area contributed by atoms with E-state index in [4.69, 9.17) is 17.0 Å². The van der Waals surface area contributed by atoms with Crippen molar-refractivity contribution in [1.82, 2.24) is 5.32 Å². The Morgan fingerprint density at radius 1 is 0.889 bits per heavy atom. The third-order valence-corrected chi connectivity index (χ3v) is 2.67. The molecule has 0 aliphatic heterocycles. The fourth-order valence-electron chi connectivity index (χ4n) is 1.82. The van der Waals surface area contributed by atoms with Crippen LogP contribution in [0.1, 0.15) is 11.1 Å². The Morgan fingerprint density at radius 2 is 1.39 bits per heavy atom. The summed E-state index contributed by atoms with van der Waals surface area (Å²) in [6, 6.07) is 4.31. The van der Waals surface area contributed by atoms with Crippen LogP contribution in [0, 0.1) is 6.42 Å². The number of benzene rings is 1. The van der Waals surface area contributed by atoms with Gasteiger partial charge in [-0.1, -0.05) is 0 Å². The van der Waals surface area contributed by atoms with E-state index in [0.29, 0.717) is 0 Å². The molecule has 2 rings (SSSR count).